The predicted octanol–water partition coefficient (Wildman–Crippen LogP) is 1.66. The number of carbonyl (C=O) groups excluding carboxylic acids is 1. The molecule has 0 aromatic heterocycles. The maximum atomic E-state index is 12.0. The lowest BCUT2D eigenvalue weighted by molar-refractivity contribution is -0.123. The fourth-order valence-corrected chi connectivity index (χ4v) is 2.66. The number of amides is 1. The standard InChI is InChI=1S/C16H22N2O3/c1-16(2,3)17-14(19)10-18-8-7-12-11(9-18)5-4-6-13(12)15(20)21/h4-6H,7-10H2,1-3H3,(H,17,19)(H,20,21). The second-order valence-corrected chi connectivity index (χ2v) is 6.51. The Kier molecular flexibility index (Phi) is 4.32. The summed E-state index contributed by atoms with van der Waals surface area (Å²) in [5.74, 6) is -0.883. The first kappa shape index (κ1) is 15.5. The van der Waals surface area contributed by atoms with Crippen LogP contribution in [0.3, 0.4) is 0 Å². The van der Waals surface area contributed by atoms with Crippen LogP contribution in [-0.4, -0.2) is 40.5 Å². The van der Waals surface area contributed by atoms with Gasteiger partial charge in [0.2, 0.25) is 5.91 Å². The van der Waals surface area contributed by atoms with E-state index in [2.05, 4.69) is 10.2 Å². The molecule has 1 amide bonds. The van der Waals surface area contributed by atoms with Crippen LogP contribution < -0.4 is 5.32 Å². The van der Waals surface area contributed by atoms with Crippen molar-refractivity contribution in [1.29, 1.82) is 0 Å². The molecule has 1 aromatic carbocycles. The minimum Gasteiger partial charge on any atom is -0.478 e. The van der Waals surface area contributed by atoms with Crippen molar-refractivity contribution in [3.8, 4) is 0 Å². The molecule has 0 spiro atoms. The Bertz CT molecular complexity index is 561. The molecular weight excluding hydrogens is 268 g/mol. The quantitative estimate of drug-likeness (QED) is 0.888. The van der Waals surface area contributed by atoms with E-state index in [-0.39, 0.29) is 11.4 Å². The minimum atomic E-state index is -0.884. The van der Waals surface area contributed by atoms with Gasteiger partial charge in [-0.25, -0.2) is 4.79 Å². The Hall–Kier alpha value is -1.88. The number of rotatable bonds is 3. The minimum absolute atomic E-state index is 0.000314. The Morgan fingerprint density at radius 1 is 1.33 bits per heavy atom. The fourth-order valence-electron chi connectivity index (χ4n) is 2.66. The van der Waals surface area contributed by atoms with Crippen molar-refractivity contribution >= 4 is 11.9 Å². The van der Waals surface area contributed by atoms with Crippen LogP contribution in [-0.2, 0) is 17.8 Å². The van der Waals surface area contributed by atoms with Gasteiger partial charge in [-0.1, -0.05) is 12.1 Å². The van der Waals surface area contributed by atoms with E-state index in [9.17, 15) is 14.7 Å². The van der Waals surface area contributed by atoms with Gasteiger partial charge in [-0.05, 0) is 44.4 Å². The average molecular weight is 290 g/mol. The lowest BCUT2D eigenvalue weighted by Crippen LogP contribution is -2.46. The van der Waals surface area contributed by atoms with E-state index in [4.69, 9.17) is 0 Å². The first-order valence-corrected chi connectivity index (χ1v) is 7.14. The number of aromatic carboxylic acids is 1. The molecule has 2 rings (SSSR count). The lowest BCUT2D eigenvalue weighted by Gasteiger charge is -2.30. The van der Waals surface area contributed by atoms with Gasteiger partial charge < -0.3 is 10.4 Å². The third kappa shape index (κ3) is 4.04. The van der Waals surface area contributed by atoms with Gasteiger partial charge in [0.1, 0.15) is 0 Å². The summed E-state index contributed by atoms with van der Waals surface area (Å²) in [5, 5.41) is 12.1. The van der Waals surface area contributed by atoms with Gasteiger partial charge in [0, 0.05) is 18.6 Å². The highest BCUT2D eigenvalue weighted by Gasteiger charge is 2.23. The highest BCUT2D eigenvalue weighted by molar-refractivity contribution is 5.90. The summed E-state index contributed by atoms with van der Waals surface area (Å²) in [4.78, 5) is 25.2. The van der Waals surface area contributed by atoms with Gasteiger partial charge in [-0.15, -0.1) is 0 Å². The highest BCUT2D eigenvalue weighted by Crippen LogP contribution is 2.22. The summed E-state index contributed by atoms with van der Waals surface area (Å²) in [6.07, 6.45) is 0.667. The van der Waals surface area contributed by atoms with Crippen LogP contribution in [0.2, 0.25) is 0 Å². The number of hydrogen-bond acceptors (Lipinski definition) is 3. The van der Waals surface area contributed by atoms with E-state index < -0.39 is 5.97 Å². The molecule has 0 radical (unpaired) electrons. The van der Waals surface area contributed by atoms with Crippen molar-refractivity contribution in [3.63, 3.8) is 0 Å². The lowest BCUT2D eigenvalue weighted by atomic mass is 9.94. The molecular formula is C16H22N2O3. The third-order valence-corrected chi connectivity index (χ3v) is 3.46. The van der Waals surface area contributed by atoms with E-state index in [0.29, 0.717) is 31.6 Å². The molecule has 0 fully saturated rings. The molecule has 21 heavy (non-hydrogen) atoms. The van der Waals surface area contributed by atoms with E-state index in [1.807, 2.05) is 26.8 Å². The molecule has 0 saturated carbocycles. The van der Waals surface area contributed by atoms with Crippen LogP contribution in [0, 0.1) is 0 Å². The summed E-state index contributed by atoms with van der Waals surface area (Å²) in [6, 6.07) is 5.35. The Labute approximate surface area is 125 Å². The van der Waals surface area contributed by atoms with Crippen LogP contribution in [0.1, 0.15) is 42.3 Å². The monoisotopic (exact) mass is 290 g/mol. The van der Waals surface area contributed by atoms with Crippen LogP contribution in [0.15, 0.2) is 18.2 Å². The highest BCUT2D eigenvalue weighted by atomic mass is 16.4. The zero-order chi connectivity index (χ0) is 15.6. The molecule has 0 aliphatic carbocycles. The summed E-state index contributed by atoms with van der Waals surface area (Å²) >= 11 is 0. The van der Waals surface area contributed by atoms with Gasteiger partial charge in [0.25, 0.3) is 0 Å². The first-order valence-electron chi connectivity index (χ1n) is 7.14. The van der Waals surface area contributed by atoms with Gasteiger partial charge >= 0.3 is 5.97 Å². The number of benzene rings is 1. The van der Waals surface area contributed by atoms with Gasteiger partial charge in [-0.3, -0.25) is 9.69 Å². The molecule has 114 valence electrons. The first-order chi connectivity index (χ1) is 9.76. The van der Waals surface area contributed by atoms with Crippen molar-refractivity contribution < 1.29 is 14.7 Å². The maximum absolute atomic E-state index is 12.0. The van der Waals surface area contributed by atoms with Crippen molar-refractivity contribution in [3.05, 3.63) is 34.9 Å². The smallest absolute Gasteiger partial charge is 0.335 e. The van der Waals surface area contributed by atoms with Crippen LogP contribution in [0.25, 0.3) is 0 Å². The third-order valence-electron chi connectivity index (χ3n) is 3.46. The van der Waals surface area contributed by atoms with E-state index >= 15 is 0 Å². The number of carbonyl (C=O) groups is 2. The number of carboxylic acids is 1. The van der Waals surface area contributed by atoms with Crippen molar-refractivity contribution in [2.75, 3.05) is 13.1 Å². The van der Waals surface area contributed by atoms with Gasteiger partial charge in [-0.2, -0.15) is 0 Å². The molecule has 5 nitrogen and oxygen atoms in total. The molecule has 2 N–H and O–H groups in total. The zero-order valence-corrected chi connectivity index (χ0v) is 12.8. The van der Waals surface area contributed by atoms with Gasteiger partial charge in [0.15, 0.2) is 0 Å². The van der Waals surface area contributed by atoms with E-state index in [1.165, 1.54) is 0 Å². The summed E-state index contributed by atoms with van der Waals surface area (Å²) in [5.41, 5.74) is 2.05. The Balaban J connectivity index is 2.05. The van der Waals surface area contributed by atoms with E-state index in [0.717, 1.165) is 11.1 Å². The van der Waals surface area contributed by atoms with Crippen molar-refractivity contribution in [1.82, 2.24) is 10.2 Å². The number of carboxylic acid groups (broad SMARTS) is 1. The second-order valence-electron chi connectivity index (χ2n) is 6.51. The molecule has 1 aliphatic heterocycles. The summed E-state index contributed by atoms with van der Waals surface area (Å²) < 4.78 is 0. The molecule has 1 aromatic rings. The molecule has 0 bridgehead atoms. The summed E-state index contributed by atoms with van der Waals surface area (Å²) in [7, 11) is 0. The molecule has 0 atom stereocenters. The number of nitrogens with one attached hydrogen (secondary N) is 1. The molecule has 0 unspecified atom stereocenters. The largest absolute Gasteiger partial charge is 0.478 e. The van der Waals surface area contributed by atoms with E-state index in [1.54, 1.807) is 12.1 Å². The zero-order valence-electron chi connectivity index (χ0n) is 12.8. The van der Waals surface area contributed by atoms with Crippen LogP contribution in [0.4, 0.5) is 0 Å². The number of nitrogens with zero attached hydrogens (tertiary/aromatic N) is 1. The van der Waals surface area contributed by atoms with Crippen molar-refractivity contribution in [2.24, 2.45) is 0 Å². The normalized spacial score (nSPS) is 15.4. The van der Waals surface area contributed by atoms with Crippen LogP contribution >= 0.6 is 0 Å². The predicted molar refractivity (Wildman–Crippen MR) is 80.3 cm³/mol. The number of hydrogen-bond donors (Lipinski definition) is 2. The second kappa shape index (κ2) is 5.85. The number of fused-ring (bicyclic) bond motifs is 1. The topological polar surface area (TPSA) is 69.6 Å². The molecule has 1 aliphatic rings. The van der Waals surface area contributed by atoms with Crippen LogP contribution in [0.5, 0.6) is 0 Å². The molecule has 5 heteroatoms. The molecule has 0 saturated heterocycles. The average Bonchev–Trinajstić information content (AvgIpc) is 2.35. The SMILES string of the molecule is CC(C)(C)NC(=O)CN1CCc2c(cccc2C(=O)O)C1. The van der Waals surface area contributed by atoms with Gasteiger partial charge in [0.05, 0.1) is 12.1 Å². The molecule has 1 heterocycles. The van der Waals surface area contributed by atoms with Crippen molar-refractivity contribution in [2.45, 2.75) is 39.3 Å². The fraction of sp³-hybridized carbons (Fsp3) is 0.500. The summed E-state index contributed by atoms with van der Waals surface area (Å²) in [6.45, 7) is 7.53. The Morgan fingerprint density at radius 3 is 2.67 bits per heavy atom. The maximum Gasteiger partial charge on any atom is 0.335 e. The Morgan fingerprint density at radius 2 is 2.05 bits per heavy atom.